The van der Waals surface area contributed by atoms with Crippen LogP contribution >= 0.6 is 0 Å². The van der Waals surface area contributed by atoms with E-state index in [1.54, 1.807) is 24.3 Å². The Morgan fingerprint density at radius 3 is 2.04 bits per heavy atom. The summed E-state index contributed by atoms with van der Waals surface area (Å²) in [5.41, 5.74) is 2.08. The maximum Gasteiger partial charge on any atom is 0.201 e. The molecule has 0 aliphatic heterocycles. The number of hydrogen-bond donors (Lipinski definition) is 1. The lowest BCUT2D eigenvalue weighted by molar-refractivity contribution is 0.458. The number of hydrogen-bond acceptors (Lipinski definition) is 5. The Labute approximate surface area is 150 Å². The van der Waals surface area contributed by atoms with Crippen LogP contribution in [0.5, 0.6) is 5.75 Å². The summed E-state index contributed by atoms with van der Waals surface area (Å²) in [6.45, 7) is 4.11. The number of sulfone groups is 1. The third-order valence-corrected chi connectivity index (χ3v) is 5.28. The first kappa shape index (κ1) is 20.7. The van der Waals surface area contributed by atoms with Gasteiger partial charge in [-0.3, -0.25) is 0 Å². The normalized spacial score (nSPS) is 11.8. The minimum absolute atomic E-state index is 0.262. The fourth-order valence-electron chi connectivity index (χ4n) is 2.49. The molecule has 0 atom stereocenters. The highest BCUT2D eigenvalue weighted by Crippen LogP contribution is 2.29. The smallest absolute Gasteiger partial charge is 0.201 e. The van der Waals surface area contributed by atoms with Crippen molar-refractivity contribution in [2.45, 2.75) is 52.4 Å². The Bertz CT molecular complexity index is 783. The molecule has 0 aliphatic carbocycles. The van der Waals surface area contributed by atoms with Crippen LogP contribution in [0, 0.1) is 22.7 Å². The van der Waals surface area contributed by atoms with Crippen molar-refractivity contribution in [1.82, 2.24) is 0 Å². The fraction of sp³-hybridized carbons (Fsp3) is 0.474. The molecule has 1 N–H and O–H groups in total. The zero-order valence-corrected chi connectivity index (χ0v) is 15.6. The number of aromatic hydroxyl groups is 1. The number of allylic oxidation sites excluding steroid dienone is 1. The molecule has 0 amide bonds. The topological polar surface area (TPSA) is 102 Å². The summed E-state index contributed by atoms with van der Waals surface area (Å²) in [6, 6.07) is 6.70. The quantitative estimate of drug-likeness (QED) is 0.673. The maximum absolute atomic E-state index is 12.0. The van der Waals surface area contributed by atoms with E-state index in [0.29, 0.717) is 18.4 Å². The van der Waals surface area contributed by atoms with Crippen LogP contribution in [0.15, 0.2) is 17.0 Å². The molecule has 134 valence electrons. The highest BCUT2D eigenvalue weighted by Gasteiger charge is 2.18. The summed E-state index contributed by atoms with van der Waals surface area (Å²) in [5.74, 6) is -0.465. The van der Waals surface area contributed by atoms with E-state index in [9.17, 15) is 13.5 Å². The molecule has 0 spiro atoms. The summed E-state index contributed by atoms with van der Waals surface area (Å²) in [6.07, 6.45) is 6.44. The van der Waals surface area contributed by atoms with Crippen molar-refractivity contribution in [2.75, 3.05) is 5.75 Å². The van der Waals surface area contributed by atoms with Crippen molar-refractivity contribution < 1.29 is 13.5 Å². The summed E-state index contributed by atoms with van der Waals surface area (Å²) < 4.78 is 24.0. The lowest BCUT2D eigenvalue weighted by Crippen LogP contribution is -2.06. The molecular formula is C19H24N2O3S. The molecule has 0 radical (unpaired) electrons. The Hall–Kier alpha value is -2.31. The molecule has 0 heterocycles. The van der Waals surface area contributed by atoms with Gasteiger partial charge < -0.3 is 5.11 Å². The summed E-state index contributed by atoms with van der Waals surface area (Å²) >= 11 is 0. The third kappa shape index (κ3) is 5.92. The van der Waals surface area contributed by atoms with Gasteiger partial charge in [0.1, 0.15) is 22.5 Å². The number of phenolic OH excluding ortho intramolecular Hbond substituents is 1. The van der Waals surface area contributed by atoms with E-state index >= 15 is 0 Å². The Kier molecular flexibility index (Phi) is 8.18. The molecule has 1 aromatic rings. The van der Waals surface area contributed by atoms with Gasteiger partial charge in [-0.2, -0.15) is 10.5 Å². The van der Waals surface area contributed by atoms with Gasteiger partial charge in [-0.1, -0.05) is 26.7 Å². The highest BCUT2D eigenvalue weighted by atomic mass is 32.2. The van der Waals surface area contributed by atoms with Gasteiger partial charge >= 0.3 is 0 Å². The van der Waals surface area contributed by atoms with E-state index in [-0.39, 0.29) is 5.75 Å². The van der Waals surface area contributed by atoms with Crippen LogP contribution < -0.4 is 0 Å². The second-order valence-corrected chi connectivity index (χ2v) is 7.89. The lowest BCUT2D eigenvalue weighted by atomic mass is 9.97. The number of unbranched alkanes of at least 4 members (excludes halogenated alkanes) is 2. The van der Waals surface area contributed by atoms with Gasteiger partial charge in [0, 0.05) is 0 Å². The van der Waals surface area contributed by atoms with Gasteiger partial charge in [0.15, 0.2) is 0 Å². The van der Waals surface area contributed by atoms with Crippen LogP contribution in [0.25, 0.3) is 6.08 Å². The first-order valence-electron chi connectivity index (χ1n) is 8.45. The van der Waals surface area contributed by atoms with Crippen LogP contribution in [-0.2, 0) is 22.7 Å². The van der Waals surface area contributed by atoms with Gasteiger partial charge in [0.25, 0.3) is 0 Å². The summed E-state index contributed by atoms with van der Waals surface area (Å²) in [5, 5.41) is 28.3. The summed E-state index contributed by atoms with van der Waals surface area (Å²) in [7, 11) is -3.91. The van der Waals surface area contributed by atoms with Crippen molar-refractivity contribution in [3.8, 4) is 17.9 Å². The highest BCUT2D eigenvalue weighted by molar-refractivity contribution is 7.95. The van der Waals surface area contributed by atoms with E-state index in [2.05, 4.69) is 13.8 Å². The first-order valence-corrected chi connectivity index (χ1v) is 10.1. The van der Waals surface area contributed by atoms with Crippen molar-refractivity contribution >= 4 is 15.9 Å². The van der Waals surface area contributed by atoms with E-state index in [0.717, 1.165) is 36.8 Å². The number of phenols is 1. The Morgan fingerprint density at radius 1 is 1.12 bits per heavy atom. The lowest BCUT2D eigenvalue weighted by Gasteiger charge is -2.12. The molecule has 0 unspecified atom stereocenters. The zero-order valence-electron chi connectivity index (χ0n) is 14.7. The molecule has 0 aliphatic rings. The largest absolute Gasteiger partial charge is 0.507 e. The van der Waals surface area contributed by atoms with Crippen LogP contribution in [0.2, 0.25) is 0 Å². The van der Waals surface area contributed by atoms with Gasteiger partial charge in [-0.15, -0.1) is 0 Å². The number of aryl methyl sites for hydroxylation is 2. The van der Waals surface area contributed by atoms with Crippen molar-refractivity contribution in [3.63, 3.8) is 0 Å². The standard InChI is InChI=1S/C19H24N2O3S/c1-3-5-7-16-11-15(12-17(19(16)22)8-6-4-2)13-18(14-21)25(23,24)10-9-20/h11-13,22H,3-8,10H2,1-2H3/b18-13-. The van der Waals surface area contributed by atoms with Crippen molar-refractivity contribution in [1.29, 1.82) is 10.5 Å². The number of rotatable bonds is 9. The van der Waals surface area contributed by atoms with E-state index in [4.69, 9.17) is 10.5 Å². The fourth-order valence-corrected chi connectivity index (χ4v) is 3.27. The zero-order chi connectivity index (χ0) is 18.9. The second-order valence-electron chi connectivity index (χ2n) is 5.93. The molecule has 25 heavy (non-hydrogen) atoms. The molecule has 0 aromatic heterocycles. The van der Waals surface area contributed by atoms with Crippen LogP contribution in [0.3, 0.4) is 0 Å². The van der Waals surface area contributed by atoms with Crippen molar-refractivity contribution in [3.05, 3.63) is 33.7 Å². The van der Waals surface area contributed by atoms with E-state index < -0.39 is 20.5 Å². The Morgan fingerprint density at radius 2 is 1.64 bits per heavy atom. The second kappa shape index (κ2) is 9.86. The van der Waals surface area contributed by atoms with Gasteiger partial charge in [-0.25, -0.2) is 8.42 Å². The number of benzene rings is 1. The van der Waals surface area contributed by atoms with Crippen LogP contribution in [0.1, 0.15) is 56.2 Å². The third-order valence-electron chi connectivity index (χ3n) is 3.89. The molecule has 0 saturated heterocycles. The number of nitriles is 2. The SMILES string of the molecule is CCCCc1cc(/C=C(/C#N)S(=O)(=O)CC#N)cc(CCCC)c1O. The number of nitrogens with zero attached hydrogens (tertiary/aromatic N) is 2. The molecule has 0 fully saturated rings. The monoisotopic (exact) mass is 360 g/mol. The molecule has 5 nitrogen and oxygen atoms in total. The average molecular weight is 360 g/mol. The molecule has 0 bridgehead atoms. The molecule has 6 heteroatoms. The van der Waals surface area contributed by atoms with Crippen LogP contribution in [0.4, 0.5) is 0 Å². The van der Waals surface area contributed by atoms with Gasteiger partial charge in [0.05, 0.1) is 6.07 Å². The maximum atomic E-state index is 12.0. The predicted molar refractivity (Wildman–Crippen MR) is 98.3 cm³/mol. The minimum Gasteiger partial charge on any atom is -0.507 e. The van der Waals surface area contributed by atoms with Crippen molar-refractivity contribution in [2.24, 2.45) is 0 Å². The molecular weight excluding hydrogens is 336 g/mol. The minimum atomic E-state index is -3.91. The summed E-state index contributed by atoms with van der Waals surface area (Å²) in [4.78, 5) is -0.428. The van der Waals surface area contributed by atoms with E-state index in [1.807, 2.05) is 0 Å². The van der Waals surface area contributed by atoms with Gasteiger partial charge in [-0.05, 0) is 60.6 Å². The first-order chi connectivity index (χ1) is 11.9. The predicted octanol–water partition coefficient (Wildman–Crippen LogP) is 3.88. The average Bonchev–Trinajstić information content (AvgIpc) is 2.58. The molecule has 1 rings (SSSR count). The Balaban J connectivity index is 3.40. The van der Waals surface area contributed by atoms with Crippen LogP contribution in [-0.4, -0.2) is 19.3 Å². The molecule has 1 aromatic carbocycles. The molecule has 0 saturated carbocycles. The van der Waals surface area contributed by atoms with E-state index in [1.165, 1.54) is 6.08 Å². The van der Waals surface area contributed by atoms with Gasteiger partial charge in [0.2, 0.25) is 9.84 Å².